The molecule has 17 heavy (non-hydrogen) atoms. The van der Waals surface area contributed by atoms with Crippen molar-refractivity contribution in [1.82, 2.24) is 9.80 Å². The third-order valence-electron chi connectivity index (χ3n) is 4.63. The molecule has 3 heteroatoms. The molecule has 0 amide bonds. The summed E-state index contributed by atoms with van der Waals surface area (Å²) in [5.41, 5.74) is 2.57. The highest BCUT2D eigenvalue weighted by Gasteiger charge is 2.39. The molecule has 0 aromatic rings. The zero-order chi connectivity index (χ0) is 12.1. The Balaban J connectivity index is 2.00. The van der Waals surface area contributed by atoms with Gasteiger partial charge in [0.1, 0.15) is 0 Å². The van der Waals surface area contributed by atoms with Gasteiger partial charge in [0.05, 0.1) is 5.66 Å². The van der Waals surface area contributed by atoms with Crippen LogP contribution in [0.25, 0.3) is 0 Å². The minimum atomic E-state index is -0.00130. The van der Waals surface area contributed by atoms with Crippen LogP contribution in [0.3, 0.4) is 0 Å². The van der Waals surface area contributed by atoms with Crippen molar-refractivity contribution in [3.63, 3.8) is 0 Å². The van der Waals surface area contributed by atoms with Gasteiger partial charge in [-0.15, -0.1) is 12.3 Å². The Bertz CT molecular complexity index is 227. The van der Waals surface area contributed by atoms with Crippen LogP contribution in [-0.2, 0) is 0 Å². The predicted molar refractivity (Wildman–Crippen MR) is 78.2 cm³/mol. The average Bonchev–Trinajstić information content (AvgIpc) is 3.02. The first kappa shape index (κ1) is 13.3. The molecule has 2 nitrogen and oxygen atoms in total. The number of rotatable bonds is 6. The van der Waals surface area contributed by atoms with Crippen LogP contribution >= 0.6 is 0 Å². The van der Waals surface area contributed by atoms with Gasteiger partial charge in [-0.25, -0.2) is 0 Å². The van der Waals surface area contributed by atoms with E-state index in [1.165, 1.54) is 64.3 Å². The van der Waals surface area contributed by atoms with Crippen LogP contribution < -0.4 is 0 Å². The fraction of sp³-hybridized carbons (Fsp3) is 0.857. The van der Waals surface area contributed by atoms with Crippen LogP contribution in [0.5, 0.6) is 0 Å². The summed E-state index contributed by atoms with van der Waals surface area (Å²) in [7, 11) is -0.00130. The van der Waals surface area contributed by atoms with Crippen LogP contribution in [0, 0.1) is 0 Å². The van der Waals surface area contributed by atoms with Crippen LogP contribution in [0.1, 0.15) is 39.0 Å². The van der Waals surface area contributed by atoms with Crippen molar-refractivity contribution in [2.24, 2.45) is 0 Å². The van der Waals surface area contributed by atoms with Gasteiger partial charge in [-0.3, -0.25) is 9.80 Å². The first-order chi connectivity index (χ1) is 8.27. The second-order valence-electron chi connectivity index (χ2n) is 5.79. The highest BCUT2D eigenvalue weighted by molar-refractivity contribution is 6.41. The standard InChI is InChI=1S/C14H28N2Si/c1-3-17-13-8-14(2,15-9-4-5-10-15)16-11-6-7-12-16/h3H,1,4-13,17H2,2H3. The van der Waals surface area contributed by atoms with Crippen LogP contribution in [-0.4, -0.2) is 51.2 Å². The lowest BCUT2D eigenvalue weighted by molar-refractivity contribution is -0.0213. The van der Waals surface area contributed by atoms with E-state index in [4.69, 9.17) is 0 Å². The molecule has 2 aliphatic rings. The van der Waals surface area contributed by atoms with Crippen molar-refractivity contribution in [2.45, 2.75) is 50.7 Å². The molecule has 0 saturated carbocycles. The van der Waals surface area contributed by atoms with E-state index in [1.54, 1.807) is 0 Å². The molecule has 0 aliphatic carbocycles. The minimum absolute atomic E-state index is 0.00130. The Morgan fingerprint density at radius 1 is 1.06 bits per heavy atom. The molecule has 0 radical (unpaired) electrons. The summed E-state index contributed by atoms with van der Waals surface area (Å²) in [4.78, 5) is 5.52. The summed E-state index contributed by atoms with van der Waals surface area (Å²) in [6.45, 7) is 11.7. The lowest BCUT2D eigenvalue weighted by Gasteiger charge is -2.46. The van der Waals surface area contributed by atoms with Gasteiger partial charge in [0.15, 0.2) is 0 Å². The molecule has 0 atom stereocenters. The smallest absolute Gasteiger partial charge is 0.0705 e. The third kappa shape index (κ3) is 3.01. The topological polar surface area (TPSA) is 6.48 Å². The minimum Gasteiger partial charge on any atom is -0.286 e. The Labute approximate surface area is 109 Å². The fourth-order valence-corrected chi connectivity index (χ4v) is 4.66. The van der Waals surface area contributed by atoms with E-state index in [0.717, 1.165) is 0 Å². The third-order valence-corrected chi connectivity index (χ3v) is 5.80. The van der Waals surface area contributed by atoms with Crippen LogP contribution in [0.15, 0.2) is 12.3 Å². The van der Waals surface area contributed by atoms with E-state index >= 15 is 0 Å². The number of hydrogen-bond donors (Lipinski definition) is 0. The molecule has 0 aromatic heterocycles. The van der Waals surface area contributed by atoms with Crippen molar-refractivity contribution in [1.29, 1.82) is 0 Å². The van der Waals surface area contributed by atoms with Gasteiger partial charge in [-0.2, -0.15) is 0 Å². The van der Waals surface area contributed by atoms with E-state index in [-0.39, 0.29) is 9.52 Å². The molecule has 2 rings (SSSR count). The summed E-state index contributed by atoms with van der Waals surface area (Å²) in [5.74, 6) is 0. The van der Waals surface area contributed by atoms with Crippen molar-refractivity contribution in [3.05, 3.63) is 12.3 Å². The van der Waals surface area contributed by atoms with Crippen LogP contribution in [0.2, 0.25) is 6.04 Å². The number of nitrogens with zero attached hydrogens (tertiary/aromatic N) is 2. The molecule has 0 spiro atoms. The molecule has 98 valence electrons. The highest BCUT2D eigenvalue weighted by Crippen LogP contribution is 2.32. The SMILES string of the molecule is C=C[SiH2]CCC(C)(N1CCCC1)N1CCCC1. The Morgan fingerprint density at radius 3 is 1.94 bits per heavy atom. The van der Waals surface area contributed by atoms with Crippen molar-refractivity contribution >= 4 is 9.52 Å². The van der Waals surface area contributed by atoms with E-state index in [0.29, 0.717) is 5.66 Å². The predicted octanol–water partition coefficient (Wildman–Crippen LogP) is 2.01. The Morgan fingerprint density at radius 2 is 1.53 bits per heavy atom. The van der Waals surface area contributed by atoms with Gasteiger partial charge in [0, 0.05) is 9.52 Å². The molecular weight excluding hydrogens is 224 g/mol. The lowest BCUT2D eigenvalue weighted by Crippen LogP contribution is -2.56. The molecule has 0 unspecified atom stereocenters. The zero-order valence-corrected chi connectivity index (χ0v) is 12.9. The summed E-state index contributed by atoms with van der Waals surface area (Å²) in [6.07, 6.45) is 6.99. The maximum Gasteiger partial charge on any atom is 0.0705 e. The maximum absolute atomic E-state index is 3.91. The summed E-state index contributed by atoms with van der Waals surface area (Å²) in [5, 5.41) is 0. The van der Waals surface area contributed by atoms with Gasteiger partial charge in [0.2, 0.25) is 0 Å². The first-order valence-corrected chi connectivity index (χ1v) is 9.20. The van der Waals surface area contributed by atoms with Gasteiger partial charge < -0.3 is 0 Å². The summed E-state index contributed by atoms with van der Waals surface area (Å²) >= 11 is 0. The monoisotopic (exact) mass is 252 g/mol. The second kappa shape index (κ2) is 6.16. The quantitative estimate of drug-likeness (QED) is 0.527. The van der Waals surface area contributed by atoms with E-state index in [1.807, 2.05) is 0 Å². The summed E-state index contributed by atoms with van der Waals surface area (Å²) < 4.78 is 0. The van der Waals surface area contributed by atoms with Gasteiger partial charge >= 0.3 is 0 Å². The number of hydrogen-bond acceptors (Lipinski definition) is 2. The van der Waals surface area contributed by atoms with Gasteiger partial charge in [-0.1, -0.05) is 6.04 Å². The molecule has 0 N–H and O–H groups in total. The lowest BCUT2D eigenvalue weighted by atomic mass is 10.1. The van der Waals surface area contributed by atoms with Gasteiger partial charge in [-0.05, 0) is 65.2 Å². The van der Waals surface area contributed by atoms with E-state index in [2.05, 4.69) is 29.0 Å². The molecule has 2 saturated heterocycles. The Hall–Kier alpha value is -0.123. The number of likely N-dealkylation sites (tertiary alicyclic amines) is 2. The zero-order valence-electron chi connectivity index (χ0n) is 11.5. The average molecular weight is 252 g/mol. The first-order valence-electron chi connectivity index (χ1n) is 7.38. The molecule has 0 bridgehead atoms. The maximum atomic E-state index is 3.91. The molecule has 2 heterocycles. The molecule has 2 fully saturated rings. The molecular formula is C14H28N2Si. The van der Waals surface area contributed by atoms with Crippen molar-refractivity contribution in [2.75, 3.05) is 26.2 Å². The van der Waals surface area contributed by atoms with E-state index in [9.17, 15) is 0 Å². The van der Waals surface area contributed by atoms with Crippen molar-refractivity contribution < 1.29 is 0 Å². The molecule has 0 aromatic carbocycles. The van der Waals surface area contributed by atoms with Gasteiger partial charge in [0.25, 0.3) is 0 Å². The Kier molecular flexibility index (Phi) is 4.83. The van der Waals surface area contributed by atoms with Crippen LogP contribution in [0.4, 0.5) is 0 Å². The highest BCUT2D eigenvalue weighted by atomic mass is 28.2. The van der Waals surface area contributed by atoms with E-state index < -0.39 is 0 Å². The molecule has 2 aliphatic heterocycles. The van der Waals surface area contributed by atoms with Crippen molar-refractivity contribution in [3.8, 4) is 0 Å². The largest absolute Gasteiger partial charge is 0.286 e. The second-order valence-corrected chi connectivity index (χ2v) is 7.65. The fourth-order valence-electron chi connectivity index (χ4n) is 3.50. The normalized spacial score (nSPS) is 24.1. The summed E-state index contributed by atoms with van der Waals surface area (Å²) in [6, 6.07) is 1.42.